The minimum absolute atomic E-state index is 0.0992. The number of carbonyl (C=O) groups is 2. The Kier molecular flexibility index (Phi) is 6.08. The summed E-state index contributed by atoms with van der Waals surface area (Å²) in [6.45, 7) is 3.48. The minimum Gasteiger partial charge on any atom is -0.480 e. The summed E-state index contributed by atoms with van der Waals surface area (Å²) in [6.07, 6.45) is 4.12. The van der Waals surface area contributed by atoms with Crippen LogP contribution in [0.5, 0.6) is 0 Å². The number of rotatable bonds is 5. The zero-order valence-corrected chi connectivity index (χ0v) is 11.6. The molecule has 6 heteroatoms. The van der Waals surface area contributed by atoms with Gasteiger partial charge in [0, 0.05) is 6.04 Å². The zero-order chi connectivity index (χ0) is 14.4. The van der Waals surface area contributed by atoms with E-state index in [1.807, 2.05) is 0 Å². The molecule has 0 spiro atoms. The van der Waals surface area contributed by atoms with Crippen LogP contribution in [0, 0.1) is 5.92 Å². The Balaban J connectivity index is 2.43. The van der Waals surface area contributed by atoms with Gasteiger partial charge in [0.1, 0.15) is 0 Å². The molecule has 110 valence electrons. The topological polar surface area (TPSA) is 98.7 Å². The van der Waals surface area contributed by atoms with Crippen molar-refractivity contribution in [2.45, 2.75) is 64.1 Å². The van der Waals surface area contributed by atoms with Crippen molar-refractivity contribution >= 4 is 12.0 Å². The van der Waals surface area contributed by atoms with Gasteiger partial charge in [-0.15, -0.1) is 0 Å². The van der Waals surface area contributed by atoms with Crippen molar-refractivity contribution in [3.63, 3.8) is 0 Å². The van der Waals surface area contributed by atoms with Gasteiger partial charge in [0.2, 0.25) is 0 Å². The maximum absolute atomic E-state index is 11.7. The number of aliphatic hydroxyl groups is 1. The van der Waals surface area contributed by atoms with E-state index in [1.54, 1.807) is 0 Å². The zero-order valence-electron chi connectivity index (χ0n) is 11.6. The first kappa shape index (κ1) is 15.8. The summed E-state index contributed by atoms with van der Waals surface area (Å²) in [5.41, 5.74) is 0. The summed E-state index contributed by atoms with van der Waals surface area (Å²) in [5, 5.41) is 23.3. The Bertz CT molecular complexity index is 320. The lowest BCUT2D eigenvalue weighted by molar-refractivity contribution is -0.141. The second-order valence-corrected chi connectivity index (χ2v) is 5.31. The van der Waals surface area contributed by atoms with Gasteiger partial charge >= 0.3 is 12.0 Å². The number of carboxylic acid groups (broad SMARTS) is 1. The van der Waals surface area contributed by atoms with E-state index >= 15 is 0 Å². The largest absolute Gasteiger partial charge is 0.480 e. The molecular weight excluding hydrogens is 248 g/mol. The van der Waals surface area contributed by atoms with E-state index in [2.05, 4.69) is 17.6 Å². The van der Waals surface area contributed by atoms with Crippen LogP contribution in [0.25, 0.3) is 0 Å². The molecule has 0 aromatic carbocycles. The van der Waals surface area contributed by atoms with E-state index in [0.29, 0.717) is 5.92 Å². The lowest BCUT2D eigenvalue weighted by Gasteiger charge is -2.29. The molecule has 0 heterocycles. The minimum atomic E-state index is -1.27. The molecule has 4 N–H and O–H groups in total. The highest BCUT2D eigenvalue weighted by Gasteiger charge is 2.27. The molecular formula is C13H24N2O4. The first-order chi connectivity index (χ1) is 8.93. The SMILES string of the molecule is CCC1CCCC(NC(=O)NC(C(=O)O)C(C)O)C1. The van der Waals surface area contributed by atoms with Crippen LogP contribution in [0.15, 0.2) is 0 Å². The van der Waals surface area contributed by atoms with E-state index in [1.165, 1.54) is 13.3 Å². The molecule has 1 aliphatic carbocycles. The molecule has 2 amide bonds. The Morgan fingerprint density at radius 3 is 2.58 bits per heavy atom. The summed E-state index contributed by atoms with van der Waals surface area (Å²) < 4.78 is 0. The summed E-state index contributed by atoms with van der Waals surface area (Å²) in [6, 6.07) is -1.69. The monoisotopic (exact) mass is 272 g/mol. The van der Waals surface area contributed by atoms with Gasteiger partial charge in [-0.25, -0.2) is 9.59 Å². The summed E-state index contributed by atoms with van der Waals surface area (Å²) in [5.74, 6) is -0.605. The number of nitrogens with one attached hydrogen (secondary N) is 2. The van der Waals surface area contributed by atoms with Gasteiger partial charge in [0.25, 0.3) is 0 Å². The normalized spacial score (nSPS) is 26.3. The summed E-state index contributed by atoms with van der Waals surface area (Å²) in [4.78, 5) is 22.6. The highest BCUT2D eigenvalue weighted by Crippen LogP contribution is 2.26. The summed E-state index contributed by atoms with van der Waals surface area (Å²) >= 11 is 0. The Labute approximate surface area is 113 Å². The number of carbonyl (C=O) groups excluding carboxylic acids is 1. The van der Waals surface area contributed by atoms with E-state index in [-0.39, 0.29) is 6.04 Å². The predicted molar refractivity (Wildman–Crippen MR) is 70.8 cm³/mol. The van der Waals surface area contributed by atoms with Crippen LogP contribution in [0.1, 0.15) is 46.0 Å². The fourth-order valence-corrected chi connectivity index (χ4v) is 2.55. The second-order valence-electron chi connectivity index (χ2n) is 5.31. The molecule has 0 radical (unpaired) electrons. The number of aliphatic hydroxyl groups excluding tert-OH is 1. The average Bonchev–Trinajstić information content (AvgIpc) is 2.35. The molecule has 0 aromatic heterocycles. The molecule has 4 atom stereocenters. The van der Waals surface area contributed by atoms with Crippen molar-refractivity contribution in [1.29, 1.82) is 0 Å². The first-order valence-corrected chi connectivity index (χ1v) is 6.92. The number of hydrogen-bond donors (Lipinski definition) is 4. The predicted octanol–water partition coefficient (Wildman–Crippen LogP) is 1.09. The van der Waals surface area contributed by atoms with Crippen molar-refractivity contribution in [3.8, 4) is 0 Å². The Morgan fingerprint density at radius 2 is 2.05 bits per heavy atom. The smallest absolute Gasteiger partial charge is 0.328 e. The number of aliphatic carboxylic acids is 1. The maximum atomic E-state index is 11.7. The quantitative estimate of drug-likeness (QED) is 0.602. The second kappa shape index (κ2) is 7.33. The number of hydrogen-bond acceptors (Lipinski definition) is 3. The van der Waals surface area contributed by atoms with Gasteiger partial charge in [-0.1, -0.05) is 26.2 Å². The van der Waals surface area contributed by atoms with Crippen LogP contribution in [0.4, 0.5) is 4.79 Å². The van der Waals surface area contributed by atoms with Crippen LogP contribution in [0.2, 0.25) is 0 Å². The number of amides is 2. The third-order valence-electron chi connectivity index (χ3n) is 3.73. The molecule has 19 heavy (non-hydrogen) atoms. The fourth-order valence-electron chi connectivity index (χ4n) is 2.55. The summed E-state index contributed by atoms with van der Waals surface area (Å²) in [7, 11) is 0. The third-order valence-corrected chi connectivity index (χ3v) is 3.73. The molecule has 0 saturated heterocycles. The number of carboxylic acids is 1. The molecule has 0 aliphatic heterocycles. The average molecular weight is 272 g/mol. The molecule has 1 saturated carbocycles. The van der Waals surface area contributed by atoms with Gasteiger partial charge in [-0.3, -0.25) is 0 Å². The highest BCUT2D eigenvalue weighted by molar-refractivity contribution is 5.83. The van der Waals surface area contributed by atoms with Crippen LogP contribution in [-0.2, 0) is 4.79 Å². The molecule has 1 fully saturated rings. The van der Waals surface area contributed by atoms with Gasteiger partial charge < -0.3 is 20.8 Å². The third kappa shape index (κ3) is 5.06. The van der Waals surface area contributed by atoms with Crippen LogP contribution >= 0.6 is 0 Å². The van der Waals surface area contributed by atoms with Crippen LogP contribution < -0.4 is 10.6 Å². The van der Waals surface area contributed by atoms with E-state index in [0.717, 1.165) is 25.7 Å². The molecule has 1 aliphatic rings. The van der Waals surface area contributed by atoms with E-state index in [9.17, 15) is 14.7 Å². The molecule has 4 unspecified atom stereocenters. The van der Waals surface area contributed by atoms with E-state index in [4.69, 9.17) is 5.11 Å². The van der Waals surface area contributed by atoms with Gasteiger partial charge in [-0.05, 0) is 25.7 Å². The van der Waals surface area contributed by atoms with Gasteiger partial charge in [-0.2, -0.15) is 0 Å². The van der Waals surface area contributed by atoms with Crippen molar-refractivity contribution in [2.24, 2.45) is 5.92 Å². The van der Waals surface area contributed by atoms with Gasteiger partial charge in [0.05, 0.1) is 6.10 Å². The molecule has 0 aromatic rings. The van der Waals surface area contributed by atoms with Crippen LogP contribution in [0.3, 0.4) is 0 Å². The van der Waals surface area contributed by atoms with E-state index < -0.39 is 24.1 Å². The molecule has 1 rings (SSSR count). The fraction of sp³-hybridized carbons (Fsp3) is 0.846. The molecule has 6 nitrogen and oxygen atoms in total. The first-order valence-electron chi connectivity index (χ1n) is 6.92. The maximum Gasteiger partial charge on any atom is 0.328 e. The lowest BCUT2D eigenvalue weighted by atomic mass is 9.84. The van der Waals surface area contributed by atoms with Crippen molar-refractivity contribution in [3.05, 3.63) is 0 Å². The van der Waals surface area contributed by atoms with Crippen molar-refractivity contribution < 1.29 is 19.8 Å². The standard InChI is InChI=1S/C13H24N2O4/c1-3-9-5-4-6-10(7-9)14-13(19)15-11(8(2)16)12(17)18/h8-11,16H,3-7H2,1-2H3,(H,17,18)(H2,14,15,19). The van der Waals surface area contributed by atoms with Crippen molar-refractivity contribution in [2.75, 3.05) is 0 Å². The van der Waals surface area contributed by atoms with Crippen LogP contribution in [-0.4, -0.2) is 40.4 Å². The molecule has 0 bridgehead atoms. The highest BCUT2D eigenvalue weighted by atomic mass is 16.4. The Hall–Kier alpha value is -1.30. The van der Waals surface area contributed by atoms with Gasteiger partial charge in [0.15, 0.2) is 6.04 Å². The van der Waals surface area contributed by atoms with Crippen molar-refractivity contribution in [1.82, 2.24) is 10.6 Å². The number of urea groups is 1. The lowest BCUT2D eigenvalue weighted by Crippen LogP contribution is -2.53. The Morgan fingerprint density at radius 1 is 1.37 bits per heavy atom.